The maximum atomic E-state index is 12.3. The number of carbonyl (C=O) groups is 1. The second-order valence-electron chi connectivity index (χ2n) is 6.45. The minimum Gasteiger partial charge on any atom is -0.362 e. The molecule has 0 bridgehead atoms. The monoisotopic (exact) mass is 472 g/mol. The summed E-state index contributed by atoms with van der Waals surface area (Å²) in [6.45, 7) is 0. The van der Waals surface area contributed by atoms with Crippen molar-refractivity contribution < 1.29 is 4.79 Å². The van der Waals surface area contributed by atoms with Gasteiger partial charge < -0.3 is 10.6 Å². The van der Waals surface area contributed by atoms with E-state index in [-0.39, 0.29) is 0 Å². The van der Waals surface area contributed by atoms with Gasteiger partial charge in [0.05, 0.1) is 11.4 Å². The Hall–Kier alpha value is -2.86. The molecule has 0 aliphatic rings. The van der Waals surface area contributed by atoms with Gasteiger partial charge in [0.25, 0.3) is 0 Å². The number of nitrogens with zero attached hydrogens (tertiary/aromatic N) is 2. The maximum Gasteiger partial charge on any atom is 0.245 e. The van der Waals surface area contributed by atoms with Gasteiger partial charge in [-0.3, -0.25) is 4.79 Å². The van der Waals surface area contributed by atoms with Crippen LogP contribution in [0.3, 0.4) is 0 Å². The highest BCUT2D eigenvalue weighted by Gasteiger charge is 2.33. The standard InChI is InChI=1S/C23H19Cl3N4O/c24-23(25,26)22(28-21(31)16-11-17-7-3-1-4-8-17)27-18-12-14-20(15-13-18)30-29-19-9-5-2-6-10-19/h1-16,22,27H,(H,28,31)/b16-11+,30-29?. The molecule has 158 valence electrons. The summed E-state index contributed by atoms with van der Waals surface area (Å²) in [6, 6.07) is 25.9. The molecule has 3 aromatic rings. The van der Waals surface area contributed by atoms with Crippen LogP contribution in [0.25, 0.3) is 6.08 Å². The number of alkyl halides is 3. The number of rotatable bonds is 7. The van der Waals surface area contributed by atoms with Crippen LogP contribution in [0.5, 0.6) is 0 Å². The van der Waals surface area contributed by atoms with E-state index in [4.69, 9.17) is 34.8 Å². The Balaban J connectivity index is 1.63. The summed E-state index contributed by atoms with van der Waals surface area (Å²) in [4.78, 5) is 12.3. The lowest BCUT2D eigenvalue weighted by Crippen LogP contribution is -2.48. The number of azo groups is 1. The summed E-state index contributed by atoms with van der Waals surface area (Å²) >= 11 is 18.2. The van der Waals surface area contributed by atoms with Crippen molar-refractivity contribution in [1.29, 1.82) is 0 Å². The van der Waals surface area contributed by atoms with Crippen molar-refractivity contribution in [1.82, 2.24) is 5.32 Å². The smallest absolute Gasteiger partial charge is 0.245 e. The van der Waals surface area contributed by atoms with E-state index >= 15 is 0 Å². The molecule has 2 N–H and O–H groups in total. The van der Waals surface area contributed by atoms with Gasteiger partial charge in [0.15, 0.2) is 0 Å². The molecular weight excluding hydrogens is 455 g/mol. The Labute approximate surface area is 195 Å². The van der Waals surface area contributed by atoms with Gasteiger partial charge in [0, 0.05) is 11.8 Å². The van der Waals surface area contributed by atoms with E-state index in [1.165, 1.54) is 6.08 Å². The molecule has 0 radical (unpaired) electrons. The normalized spacial score (nSPS) is 12.7. The van der Waals surface area contributed by atoms with Gasteiger partial charge in [-0.1, -0.05) is 83.3 Å². The fraction of sp³-hybridized carbons (Fsp3) is 0.0870. The van der Waals surface area contributed by atoms with Crippen LogP contribution >= 0.6 is 34.8 Å². The van der Waals surface area contributed by atoms with Crippen LogP contribution in [-0.2, 0) is 4.79 Å². The molecule has 0 spiro atoms. The van der Waals surface area contributed by atoms with Crippen molar-refractivity contribution in [3.63, 3.8) is 0 Å². The number of carbonyl (C=O) groups excluding carboxylic acids is 1. The molecule has 0 aromatic heterocycles. The Kier molecular flexibility index (Phi) is 8.06. The average molecular weight is 474 g/mol. The molecule has 1 atom stereocenters. The first-order chi connectivity index (χ1) is 14.9. The number of halogens is 3. The van der Waals surface area contributed by atoms with E-state index in [9.17, 15) is 4.79 Å². The molecule has 0 aliphatic carbocycles. The largest absolute Gasteiger partial charge is 0.362 e. The third kappa shape index (κ3) is 7.72. The highest BCUT2D eigenvalue weighted by atomic mass is 35.6. The van der Waals surface area contributed by atoms with Gasteiger partial charge in [0.2, 0.25) is 9.70 Å². The molecule has 0 fully saturated rings. The van der Waals surface area contributed by atoms with Crippen LogP contribution in [0.4, 0.5) is 17.1 Å². The number of nitrogens with one attached hydrogen (secondary N) is 2. The fourth-order valence-electron chi connectivity index (χ4n) is 2.53. The third-order valence-corrected chi connectivity index (χ3v) is 4.71. The van der Waals surface area contributed by atoms with E-state index in [0.29, 0.717) is 11.4 Å². The minimum absolute atomic E-state index is 0.402. The maximum absolute atomic E-state index is 12.3. The Morgan fingerprint density at radius 1 is 0.806 bits per heavy atom. The van der Waals surface area contributed by atoms with Crippen molar-refractivity contribution in [2.24, 2.45) is 10.2 Å². The lowest BCUT2D eigenvalue weighted by molar-refractivity contribution is -0.116. The second-order valence-corrected chi connectivity index (χ2v) is 8.82. The molecule has 1 unspecified atom stereocenters. The number of benzene rings is 3. The Bertz CT molecular complexity index is 1030. The van der Waals surface area contributed by atoms with Crippen LogP contribution in [0.2, 0.25) is 0 Å². The van der Waals surface area contributed by atoms with Crippen LogP contribution in [0.1, 0.15) is 5.56 Å². The zero-order chi connectivity index (χ0) is 22.1. The van der Waals surface area contributed by atoms with Crippen LogP contribution in [0, 0.1) is 0 Å². The molecule has 5 nitrogen and oxygen atoms in total. The summed E-state index contributed by atoms with van der Waals surface area (Å²) in [5.74, 6) is -0.402. The quantitative estimate of drug-likeness (QED) is 0.167. The second kappa shape index (κ2) is 11.0. The molecule has 3 rings (SSSR count). The van der Waals surface area contributed by atoms with Gasteiger partial charge in [0.1, 0.15) is 6.17 Å². The Morgan fingerprint density at radius 3 is 1.94 bits per heavy atom. The predicted molar refractivity (Wildman–Crippen MR) is 128 cm³/mol. The first-order valence-electron chi connectivity index (χ1n) is 9.34. The first kappa shape index (κ1) is 22.8. The minimum atomic E-state index is -1.78. The van der Waals surface area contributed by atoms with Gasteiger partial charge in [-0.25, -0.2) is 0 Å². The van der Waals surface area contributed by atoms with Crippen molar-refractivity contribution >= 4 is 63.8 Å². The third-order valence-electron chi connectivity index (χ3n) is 4.06. The number of hydrogen-bond acceptors (Lipinski definition) is 4. The molecule has 0 saturated heterocycles. The van der Waals surface area contributed by atoms with E-state index < -0.39 is 15.9 Å². The lowest BCUT2D eigenvalue weighted by Gasteiger charge is -2.27. The van der Waals surface area contributed by atoms with Gasteiger partial charge in [-0.15, -0.1) is 0 Å². The summed E-state index contributed by atoms with van der Waals surface area (Å²) < 4.78 is -1.78. The molecule has 0 aliphatic heterocycles. The van der Waals surface area contributed by atoms with Crippen molar-refractivity contribution in [3.8, 4) is 0 Å². The first-order valence-corrected chi connectivity index (χ1v) is 10.5. The summed E-state index contributed by atoms with van der Waals surface area (Å²) in [7, 11) is 0. The number of anilines is 1. The van der Waals surface area contributed by atoms with Crippen molar-refractivity contribution in [2.75, 3.05) is 5.32 Å². The van der Waals surface area contributed by atoms with Crippen LogP contribution < -0.4 is 10.6 Å². The van der Waals surface area contributed by atoms with Crippen LogP contribution in [0.15, 0.2) is 101 Å². The van der Waals surface area contributed by atoms with Gasteiger partial charge >= 0.3 is 0 Å². The predicted octanol–water partition coefficient (Wildman–Crippen LogP) is 7.04. The topological polar surface area (TPSA) is 65.8 Å². The van der Waals surface area contributed by atoms with E-state index in [0.717, 1.165) is 11.3 Å². The van der Waals surface area contributed by atoms with Crippen molar-refractivity contribution in [2.45, 2.75) is 9.96 Å². The zero-order valence-electron chi connectivity index (χ0n) is 16.3. The van der Waals surface area contributed by atoms with Crippen molar-refractivity contribution in [3.05, 3.63) is 96.6 Å². The molecule has 8 heteroatoms. The molecule has 3 aromatic carbocycles. The van der Waals surface area contributed by atoms with E-state index in [1.807, 2.05) is 60.7 Å². The van der Waals surface area contributed by atoms with Crippen LogP contribution in [-0.4, -0.2) is 15.9 Å². The Morgan fingerprint density at radius 2 is 1.35 bits per heavy atom. The summed E-state index contributed by atoms with van der Waals surface area (Å²) in [5.41, 5.74) is 2.94. The van der Waals surface area contributed by atoms with Gasteiger partial charge in [-0.05, 0) is 48.0 Å². The highest BCUT2D eigenvalue weighted by molar-refractivity contribution is 6.68. The molecule has 0 saturated carbocycles. The molecule has 0 heterocycles. The summed E-state index contributed by atoms with van der Waals surface area (Å²) in [5, 5.41) is 14.0. The van der Waals surface area contributed by atoms with Gasteiger partial charge in [-0.2, -0.15) is 10.2 Å². The molecule has 31 heavy (non-hydrogen) atoms. The van der Waals surface area contributed by atoms with E-state index in [2.05, 4.69) is 20.9 Å². The average Bonchev–Trinajstić information content (AvgIpc) is 2.77. The molecular formula is C23H19Cl3N4O. The van der Waals surface area contributed by atoms with E-state index in [1.54, 1.807) is 30.3 Å². The summed E-state index contributed by atoms with van der Waals surface area (Å²) in [6.07, 6.45) is 2.10. The molecule has 1 amide bonds. The fourth-order valence-corrected chi connectivity index (χ4v) is 2.85. The number of amides is 1. The number of hydrogen-bond donors (Lipinski definition) is 2. The highest BCUT2D eigenvalue weighted by Crippen LogP contribution is 2.31. The zero-order valence-corrected chi connectivity index (χ0v) is 18.5. The SMILES string of the molecule is O=C(/C=C/c1ccccc1)NC(Nc1ccc(N=Nc2ccccc2)cc1)C(Cl)(Cl)Cl. The lowest BCUT2D eigenvalue weighted by atomic mass is 10.2.